The van der Waals surface area contributed by atoms with Crippen molar-refractivity contribution < 1.29 is 19.5 Å². The molecule has 1 unspecified atom stereocenters. The molecule has 0 radical (unpaired) electrons. The van der Waals surface area contributed by atoms with E-state index in [1.54, 1.807) is 11.3 Å². The van der Waals surface area contributed by atoms with Gasteiger partial charge in [-0.2, -0.15) is 0 Å². The molecule has 0 bridgehead atoms. The van der Waals surface area contributed by atoms with Gasteiger partial charge >= 0.3 is 0 Å². The first-order chi connectivity index (χ1) is 13.0. The zero-order valence-electron chi connectivity index (χ0n) is 15.5. The molecule has 0 spiro atoms. The molecular formula is C18H28N4O4S. The van der Waals surface area contributed by atoms with Gasteiger partial charge in [-0.15, -0.1) is 11.3 Å². The molecule has 1 aliphatic heterocycles. The molecule has 4 N–H and O–H groups in total. The molecule has 0 saturated carbocycles. The van der Waals surface area contributed by atoms with Gasteiger partial charge in [-0.1, -0.05) is 12.8 Å². The maximum absolute atomic E-state index is 12.6. The van der Waals surface area contributed by atoms with Crippen molar-refractivity contribution in [3.05, 3.63) is 10.6 Å². The molecule has 150 valence electrons. The van der Waals surface area contributed by atoms with Crippen molar-refractivity contribution in [2.75, 3.05) is 25.0 Å². The summed E-state index contributed by atoms with van der Waals surface area (Å²) in [5, 5.41) is 10.6. The van der Waals surface area contributed by atoms with Crippen LogP contribution in [0.15, 0.2) is 0 Å². The van der Waals surface area contributed by atoms with Crippen LogP contribution in [0.1, 0.15) is 49.1 Å². The number of piperidine rings is 1. The molecular weight excluding hydrogens is 368 g/mol. The Morgan fingerprint density at radius 2 is 1.96 bits per heavy atom. The Hall–Kier alpha value is -2.00. The van der Waals surface area contributed by atoms with Crippen LogP contribution in [0.4, 0.5) is 5.13 Å². The van der Waals surface area contributed by atoms with Gasteiger partial charge in [-0.05, 0) is 45.1 Å². The number of aromatic nitrogens is 1. The van der Waals surface area contributed by atoms with Crippen molar-refractivity contribution in [2.24, 2.45) is 11.7 Å². The summed E-state index contributed by atoms with van der Waals surface area (Å²) in [6.07, 6.45) is 8.84. The summed E-state index contributed by atoms with van der Waals surface area (Å²) in [7, 11) is 0. The number of nitrogens with one attached hydrogen (secondary N) is 1. The highest BCUT2D eigenvalue weighted by atomic mass is 32.1. The second-order valence-corrected chi connectivity index (χ2v) is 8.02. The van der Waals surface area contributed by atoms with E-state index in [2.05, 4.69) is 10.3 Å². The van der Waals surface area contributed by atoms with Crippen molar-refractivity contribution in [1.82, 2.24) is 9.88 Å². The zero-order chi connectivity index (χ0) is 19.6. The fourth-order valence-electron chi connectivity index (χ4n) is 3.60. The van der Waals surface area contributed by atoms with Crippen LogP contribution < -0.4 is 11.1 Å². The first-order valence-electron chi connectivity index (χ1n) is 9.41. The fraction of sp³-hybridized carbons (Fsp3) is 0.667. The number of likely N-dealkylation sites (tertiary alicyclic amines) is 1. The normalized spacial score (nSPS) is 20.2. The molecule has 2 heterocycles. The third-order valence-corrected chi connectivity index (χ3v) is 5.90. The van der Waals surface area contributed by atoms with Crippen LogP contribution in [0, 0.1) is 5.92 Å². The van der Waals surface area contributed by atoms with Crippen LogP contribution in [0.5, 0.6) is 0 Å². The Kier molecular flexibility index (Phi) is 8.66. The highest BCUT2D eigenvalue weighted by Gasteiger charge is 2.27. The lowest BCUT2D eigenvalue weighted by Gasteiger charge is -2.30. The number of hydrogen-bond acceptors (Lipinski definition) is 6. The largest absolute Gasteiger partial charge is 0.483 e. The Morgan fingerprint density at radius 1 is 1.26 bits per heavy atom. The van der Waals surface area contributed by atoms with E-state index in [1.807, 2.05) is 4.90 Å². The molecule has 2 amide bonds. The van der Waals surface area contributed by atoms with E-state index in [9.17, 15) is 9.59 Å². The number of anilines is 1. The van der Waals surface area contributed by atoms with Gasteiger partial charge in [0, 0.05) is 11.4 Å². The molecule has 9 heteroatoms. The molecule has 1 aromatic rings. The summed E-state index contributed by atoms with van der Waals surface area (Å²) < 4.78 is 0. The molecule has 27 heavy (non-hydrogen) atoms. The van der Waals surface area contributed by atoms with Crippen LogP contribution in [-0.2, 0) is 27.2 Å². The lowest BCUT2D eigenvalue weighted by molar-refractivity contribution is -0.124. The summed E-state index contributed by atoms with van der Waals surface area (Å²) in [6, 6.07) is 0. The number of amides is 2. The molecule has 1 fully saturated rings. The van der Waals surface area contributed by atoms with Crippen molar-refractivity contribution in [1.29, 1.82) is 0 Å². The third kappa shape index (κ3) is 6.91. The van der Waals surface area contributed by atoms with E-state index in [0.29, 0.717) is 6.54 Å². The smallest absolute Gasteiger partial charge is 0.290 e. The summed E-state index contributed by atoms with van der Waals surface area (Å²) in [6.45, 7) is 1.41. The predicted molar refractivity (Wildman–Crippen MR) is 104 cm³/mol. The SMILES string of the molecule is NC(=O)CN1CCCC(C(=O)Nc2nc3c(s2)CCCCCC3)C1.O=CO. The maximum atomic E-state index is 12.6. The number of carbonyl (C=O) groups excluding carboxylic acids is 2. The van der Waals surface area contributed by atoms with Crippen LogP contribution >= 0.6 is 11.3 Å². The highest BCUT2D eigenvalue weighted by molar-refractivity contribution is 7.15. The van der Waals surface area contributed by atoms with Gasteiger partial charge in [0.25, 0.3) is 6.47 Å². The van der Waals surface area contributed by atoms with Crippen molar-refractivity contribution in [3.63, 3.8) is 0 Å². The maximum Gasteiger partial charge on any atom is 0.290 e. The van der Waals surface area contributed by atoms with Gasteiger partial charge in [0.2, 0.25) is 11.8 Å². The first kappa shape index (κ1) is 21.3. The van der Waals surface area contributed by atoms with Crippen LogP contribution in [0.2, 0.25) is 0 Å². The number of thiazole rings is 1. The summed E-state index contributed by atoms with van der Waals surface area (Å²) in [4.78, 5) is 40.0. The van der Waals surface area contributed by atoms with Crippen LogP contribution in [0.25, 0.3) is 0 Å². The molecule has 1 atom stereocenters. The van der Waals surface area contributed by atoms with Crippen molar-refractivity contribution in [2.45, 2.75) is 51.4 Å². The zero-order valence-corrected chi connectivity index (χ0v) is 16.3. The van der Waals surface area contributed by atoms with E-state index >= 15 is 0 Å². The molecule has 0 aromatic carbocycles. The molecule has 3 rings (SSSR count). The second-order valence-electron chi connectivity index (χ2n) is 6.94. The van der Waals surface area contributed by atoms with E-state index in [0.717, 1.165) is 37.4 Å². The lowest BCUT2D eigenvalue weighted by atomic mass is 9.97. The van der Waals surface area contributed by atoms with Crippen molar-refractivity contribution in [3.8, 4) is 0 Å². The monoisotopic (exact) mass is 396 g/mol. The average molecular weight is 397 g/mol. The minimum Gasteiger partial charge on any atom is -0.483 e. The number of hydrogen-bond donors (Lipinski definition) is 3. The van der Waals surface area contributed by atoms with Gasteiger partial charge in [0.1, 0.15) is 0 Å². The molecule has 8 nitrogen and oxygen atoms in total. The fourth-order valence-corrected chi connectivity index (χ4v) is 4.65. The number of nitrogens with two attached hydrogens (primary N) is 1. The summed E-state index contributed by atoms with van der Waals surface area (Å²) >= 11 is 1.63. The number of rotatable bonds is 4. The average Bonchev–Trinajstić information content (AvgIpc) is 2.96. The second kappa shape index (κ2) is 11.0. The van der Waals surface area contributed by atoms with Gasteiger partial charge < -0.3 is 16.2 Å². The van der Waals surface area contributed by atoms with E-state index < -0.39 is 0 Å². The number of carboxylic acid groups (broad SMARTS) is 1. The molecule has 1 aliphatic carbocycles. The highest BCUT2D eigenvalue weighted by Crippen LogP contribution is 2.29. The van der Waals surface area contributed by atoms with Crippen LogP contribution in [0.3, 0.4) is 0 Å². The standard InChI is InChI=1S/C17H26N4O2S.CH2O2/c18-15(22)11-21-9-5-6-12(10-21)16(23)20-17-19-13-7-3-1-2-4-8-14(13)24-17;2-1-3/h12H,1-11H2,(H2,18,22)(H,19,20,23);1H,(H,2,3). The van der Waals surface area contributed by atoms with Gasteiger partial charge in [0.15, 0.2) is 5.13 Å². The summed E-state index contributed by atoms with van der Waals surface area (Å²) in [5.74, 6) is -0.411. The number of nitrogens with zero attached hydrogens (tertiary/aromatic N) is 2. The Labute approximate surface area is 163 Å². The molecule has 2 aliphatic rings. The Balaban J connectivity index is 0.000000817. The first-order valence-corrected chi connectivity index (χ1v) is 10.2. The van der Waals surface area contributed by atoms with Crippen molar-refractivity contribution >= 4 is 34.8 Å². The van der Waals surface area contributed by atoms with Crippen LogP contribution in [-0.4, -0.2) is 52.9 Å². The lowest BCUT2D eigenvalue weighted by Crippen LogP contribution is -2.44. The number of fused-ring (bicyclic) bond motifs is 1. The van der Waals surface area contributed by atoms with Gasteiger partial charge in [-0.25, -0.2) is 4.98 Å². The third-order valence-electron chi connectivity index (χ3n) is 4.83. The predicted octanol–water partition coefficient (Wildman–Crippen LogP) is 1.64. The Morgan fingerprint density at radius 3 is 2.67 bits per heavy atom. The van der Waals surface area contributed by atoms with E-state index in [4.69, 9.17) is 15.6 Å². The van der Waals surface area contributed by atoms with Gasteiger partial charge in [0.05, 0.1) is 18.2 Å². The molecule has 1 saturated heterocycles. The minimum atomic E-state index is -0.337. The quantitative estimate of drug-likeness (QED) is 0.664. The van der Waals surface area contributed by atoms with E-state index in [1.165, 1.54) is 36.3 Å². The summed E-state index contributed by atoms with van der Waals surface area (Å²) in [5.41, 5.74) is 6.44. The molecule has 1 aromatic heterocycles. The number of aryl methyl sites for hydroxylation is 2. The number of primary amides is 1. The number of carbonyl (C=O) groups is 3. The topological polar surface area (TPSA) is 126 Å². The minimum absolute atomic E-state index is 0.0193. The van der Waals surface area contributed by atoms with Gasteiger partial charge in [-0.3, -0.25) is 19.3 Å². The Bertz CT molecular complexity index is 624. The van der Waals surface area contributed by atoms with E-state index in [-0.39, 0.29) is 30.7 Å².